The van der Waals surface area contributed by atoms with E-state index in [9.17, 15) is 5.11 Å². The van der Waals surface area contributed by atoms with Crippen LogP contribution in [0.15, 0.2) is 18.2 Å². The van der Waals surface area contributed by atoms with E-state index in [-0.39, 0.29) is 0 Å². The molecule has 1 aromatic rings. The van der Waals surface area contributed by atoms with Crippen molar-refractivity contribution < 1.29 is 9.84 Å². The van der Waals surface area contributed by atoms with Crippen molar-refractivity contribution in [3.05, 3.63) is 28.8 Å². The van der Waals surface area contributed by atoms with Crippen molar-refractivity contribution >= 4 is 11.6 Å². The number of hydrogen-bond acceptors (Lipinski definition) is 3. The zero-order chi connectivity index (χ0) is 10.6. The van der Waals surface area contributed by atoms with Crippen LogP contribution in [0.5, 0.6) is 5.75 Å². The maximum absolute atomic E-state index is 9.65. The molecule has 0 radical (unpaired) electrons. The fourth-order valence-electron chi connectivity index (χ4n) is 1.21. The predicted octanol–water partition coefficient (Wildman–Crippen LogP) is 1.73. The zero-order valence-corrected chi connectivity index (χ0v) is 8.79. The minimum atomic E-state index is -0.550. The second-order valence-electron chi connectivity index (χ2n) is 2.99. The highest BCUT2D eigenvalue weighted by Gasteiger charge is 2.09. The number of ether oxygens (including phenoxy) is 1. The van der Waals surface area contributed by atoms with Gasteiger partial charge in [-0.25, -0.2) is 0 Å². The summed E-state index contributed by atoms with van der Waals surface area (Å²) in [5.41, 5.74) is 6.12. The first-order valence-corrected chi connectivity index (χ1v) is 4.78. The summed E-state index contributed by atoms with van der Waals surface area (Å²) in [6, 6.07) is 5.20. The Hall–Kier alpha value is -0.770. The number of methoxy groups -OCH3 is 1. The summed E-state index contributed by atoms with van der Waals surface area (Å²) in [5.74, 6) is 0.570. The van der Waals surface area contributed by atoms with E-state index in [2.05, 4.69) is 0 Å². The highest BCUT2D eigenvalue weighted by Crippen LogP contribution is 2.28. The van der Waals surface area contributed by atoms with E-state index in [0.29, 0.717) is 23.7 Å². The number of aliphatic hydroxyl groups excluding tert-OH is 1. The zero-order valence-electron chi connectivity index (χ0n) is 8.03. The van der Waals surface area contributed by atoms with Gasteiger partial charge in [0.15, 0.2) is 0 Å². The van der Waals surface area contributed by atoms with Crippen molar-refractivity contribution in [1.29, 1.82) is 0 Å². The number of rotatable bonds is 4. The van der Waals surface area contributed by atoms with Gasteiger partial charge in [-0.05, 0) is 30.7 Å². The molecule has 0 saturated heterocycles. The molecule has 0 aliphatic rings. The highest BCUT2D eigenvalue weighted by molar-refractivity contribution is 6.32. The quantitative estimate of drug-likeness (QED) is 0.805. The lowest BCUT2D eigenvalue weighted by Gasteiger charge is -2.11. The van der Waals surface area contributed by atoms with Crippen LogP contribution in [0.2, 0.25) is 5.02 Å². The van der Waals surface area contributed by atoms with Gasteiger partial charge in [-0.3, -0.25) is 0 Å². The lowest BCUT2D eigenvalue weighted by Crippen LogP contribution is -2.06. The van der Waals surface area contributed by atoms with Gasteiger partial charge < -0.3 is 15.6 Å². The summed E-state index contributed by atoms with van der Waals surface area (Å²) in [6.45, 7) is 0.451. The average Bonchev–Trinajstić information content (AvgIpc) is 2.19. The molecule has 1 aromatic carbocycles. The predicted molar refractivity (Wildman–Crippen MR) is 56.6 cm³/mol. The summed E-state index contributed by atoms with van der Waals surface area (Å²) < 4.78 is 5.04. The Kier molecular flexibility index (Phi) is 4.20. The molecule has 0 aromatic heterocycles. The number of hydrogen-bond donors (Lipinski definition) is 2. The van der Waals surface area contributed by atoms with Crippen LogP contribution in [0.25, 0.3) is 0 Å². The third-order valence-corrected chi connectivity index (χ3v) is 2.31. The first-order chi connectivity index (χ1) is 6.69. The van der Waals surface area contributed by atoms with Gasteiger partial charge >= 0.3 is 0 Å². The highest BCUT2D eigenvalue weighted by atomic mass is 35.5. The van der Waals surface area contributed by atoms with Crippen LogP contribution in [0, 0.1) is 0 Å². The number of nitrogens with two attached hydrogens (primary N) is 1. The smallest absolute Gasteiger partial charge is 0.137 e. The molecule has 3 nitrogen and oxygen atoms in total. The standard InChI is InChI=1S/C10H14ClNO2/c1-14-10-6-7(2-3-8(10)11)9(13)4-5-12/h2-3,6,9,13H,4-5,12H2,1H3/t9-/m1/s1. The Morgan fingerprint density at radius 3 is 2.86 bits per heavy atom. The van der Waals surface area contributed by atoms with Gasteiger partial charge in [-0.15, -0.1) is 0 Å². The molecule has 0 aliphatic heterocycles. The van der Waals surface area contributed by atoms with Crippen molar-refractivity contribution in [3.8, 4) is 5.75 Å². The Labute approximate surface area is 88.4 Å². The molecule has 0 heterocycles. The van der Waals surface area contributed by atoms with Crippen LogP contribution in [-0.4, -0.2) is 18.8 Å². The van der Waals surface area contributed by atoms with Gasteiger partial charge in [0.05, 0.1) is 18.2 Å². The molecule has 1 rings (SSSR count). The van der Waals surface area contributed by atoms with Crippen LogP contribution >= 0.6 is 11.6 Å². The number of benzene rings is 1. The second-order valence-corrected chi connectivity index (χ2v) is 3.39. The lowest BCUT2D eigenvalue weighted by atomic mass is 10.1. The van der Waals surface area contributed by atoms with Crippen molar-refractivity contribution in [2.24, 2.45) is 5.73 Å². The van der Waals surface area contributed by atoms with Crippen LogP contribution in [0.1, 0.15) is 18.1 Å². The van der Waals surface area contributed by atoms with E-state index in [1.807, 2.05) is 0 Å². The van der Waals surface area contributed by atoms with E-state index in [4.69, 9.17) is 22.1 Å². The van der Waals surface area contributed by atoms with E-state index < -0.39 is 6.10 Å². The molecular weight excluding hydrogens is 202 g/mol. The maximum Gasteiger partial charge on any atom is 0.137 e. The van der Waals surface area contributed by atoms with Gasteiger partial charge in [-0.1, -0.05) is 17.7 Å². The lowest BCUT2D eigenvalue weighted by molar-refractivity contribution is 0.170. The molecule has 0 amide bonds. The monoisotopic (exact) mass is 215 g/mol. The molecule has 0 fully saturated rings. The second kappa shape index (κ2) is 5.20. The fraction of sp³-hybridized carbons (Fsp3) is 0.400. The van der Waals surface area contributed by atoms with Crippen molar-refractivity contribution in [1.82, 2.24) is 0 Å². The van der Waals surface area contributed by atoms with E-state index >= 15 is 0 Å². The van der Waals surface area contributed by atoms with Crippen LogP contribution in [-0.2, 0) is 0 Å². The third kappa shape index (κ3) is 2.61. The molecule has 4 heteroatoms. The fourth-order valence-corrected chi connectivity index (χ4v) is 1.40. The molecule has 1 atom stereocenters. The Morgan fingerprint density at radius 2 is 2.29 bits per heavy atom. The van der Waals surface area contributed by atoms with E-state index in [0.717, 1.165) is 5.56 Å². The minimum absolute atomic E-state index is 0.451. The van der Waals surface area contributed by atoms with Gasteiger partial charge in [0.1, 0.15) is 5.75 Å². The summed E-state index contributed by atoms with van der Waals surface area (Å²) in [5, 5.41) is 10.2. The minimum Gasteiger partial charge on any atom is -0.495 e. The summed E-state index contributed by atoms with van der Waals surface area (Å²) in [7, 11) is 1.54. The first kappa shape index (κ1) is 11.3. The number of aliphatic hydroxyl groups is 1. The van der Waals surface area contributed by atoms with Gasteiger partial charge in [-0.2, -0.15) is 0 Å². The molecule has 0 saturated carbocycles. The Morgan fingerprint density at radius 1 is 1.57 bits per heavy atom. The molecule has 78 valence electrons. The molecule has 0 unspecified atom stereocenters. The Balaban J connectivity index is 2.88. The summed E-state index contributed by atoms with van der Waals surface area (Å²) in [4.78, 5) is 0. The summed E-state index contributed by atoms with van der Waals surface area (Å²) >= 11 is 5.85. The van der Waals surface area contributed by atoms with Gasteiger partial charge in [0, 0.05) is 0 Å². The van der Waals surface area contributed by atoms with Gasteiger partial charge in [0.2, 0.25) is 0 Å². The topological polar surface area (TPSA) is 55.5 Å². The van der Waals surface area contributed by atoms with Crippen LogP contribution in [0.3, 0.4) is 0 Å². The molecular formula is C10H14ClNO2. The average molecular weight is 216 g/mol. The molecule has 14 heavy (non-hydrogen) atoms. The van der Waals surface area contributed by atoms with Crippen LogP contribution in [0.4, 0.5) is 0 Å². The van der Waals surface area contributed by atoms with E-state index in [1.54, 1.807) is 25.3 Å². The van der Waals surface area contributed by atoms with Crippen LogP contribution < -0.4 is 10.5 Å². The van der Waals surface area contributed by atoms with Gasteiger partial charge in [0.25, 0.3) is 0 Å². The first-order valence-electron chi connectivity index (χ1n) is 4.40. The maximum atomic E-state index is 9.65. The molecule has 3 N–H and O–H groups in total. The van der Waals surface area contributed by atoms with Crippen molar-refractivity contribution in [3.63, 3.8) is 0 Å². The largest absolute Gasteiger partial charge is 0.495 e. The van der Waals surface area contributed by atoms with E-state index in [1.165, 1.54) is 0 Å². The molecule has 0 spiro atoms. The Bertz CT molecular complexity index is 304. The normalized spacial score (nSPS) is 12.6. The number of halogens is 1. The molecule has 0 aliphatic carbocycles. The third-order valence-electron chi connectivity index (χ3n) is 2.00. The molecule has 0 bridgehead atoms. The van der Waals surface area contributed by atoms with Crippen molar-refractivity contribution in [2.45, 2.75) is 12.5 Å². The summed E-state index contributed by atoms with van der Waals surface area (Å²) in [6.07, 6.45) is -0.0173. The SMILES string of the molecule is COc1cc([C@H](O)CCN)ccc1Cl. The van der Waals surface area contributed by atoms with Crippen molar-refractivity contribution in [2.75, 3.05) is 13.7 Å².